The minimum atomic E-state index is -0.653. The monoisotopic (exact) mass is 375 g/mol. The maximum atomic E-state index is 14.0. The molecule has 2 aromatic carbocycles. The third kappa shape index (κ3) is 3.31. The lowest BCUT2D eigenvalue weighted by molar-refractivity contribution is -0.385. The average molecular weight is 375 g/mol. The van der Waals surface area contributed by atoms with E-state index < -0.39 is 10.7 Å². The molecule has 0 spiro atoms. The van der Waals surface area contributed by atoms with Crippen LogP contribution in [0, 0.1) is 15.9 Å². The number of benzene rings is 2. The van der Waals surface area contributed by atoms with Crippen molar-refractivity contribution in [3.05, 3.63) is 64.0 Å². The van der Waals surface area contributed by atoms with Crippen LogP contribution in [0.5, 0.6) is 5.75 Å². The number of nitrogens with two attached hydrogens (primary N) is 1. The summed E-state index contributed by atoms with van der Waals surface area (Å²) in [6, 6.07) is 10.9. The van der Waals surface area contributed by atoms with Crippen LogP contribution in [-0.4, -0.2) is 26.9 Å². The van der Waals surface area contributed by atoms with Crippen LogP contribution >= 0.6 is 11.8 Å². The minimum Gasteiger partial charge on any atom is -0.496 e. The van der Waals surface area contributed by atoms with Crippen molar-refractivity contribution in [2.75, 3.05) is 13.0 Å². The summed E-state index contributed by atoms with van der Waals surface area (Å²) < 4.78 is 20.5. The fourth-order valence-corrected chi connectivity index (χ4v) is 3.27. The molecule has 0 atom stereocenters. The van der Waals surface area contributed by atoms with Crippen molar-refractivity contribution in [3.63, 3.8) is 0 Å². The van der Waals surface area contributed by atoms with Gasteiger partial charge in [-0.05, 0) is 18.2 Å². The summed E-state index contributed by atoms with van der Waals surface area (Å²) in [6.45, 7) is 0. The first-order valence-electron chi connectivity index (χ1n) is 7.41. The highest BCUT2D eigenvalue weighted by molar-refractivity contribution is 7.98. The number of halogens is 1. The Kier molecular flexibility index (Phi) is 5.03. The van der Waals surface area contributed by atoms with Gasteiger partial charge in [0.1, 0.15) is 11.6 Å². The van der Waals surface area contributed by atoms with Gasteiger partial charge in [0.15, 0.2) is 5.82 Å². The average Bonchev–Trinajstić information content (AvgIpc) is 3.00. The van der Waals surface area contributed by atoms with E-state index in [1.54, 1.807) is 12.1 Å². The summed E-state index contributed by atoms with van der Waals surface area (Å²) in [5.74, 6) is 6.33. The van der Waals surface area contributed by atoms with E-state index in [1.165, 1.54) is 30.0 Å². The molecule has 0 bridgehead atoms. The van der Waals surface area contributed by atoms with Gasteiger partial charge in [-0.1, -0.05) is 30.0 Å². The highest BCUT2D eigenvalue weighted by Gasteiger charge is 2.20. The van der Waals surface area contributed by atoms with E-state index in [2.05, 4.69) is 10.2 Å². The van der Waals surface area contributed by atoms with Crippen LogP contribution in [-0.2, 0) is 5.75 Å². The molecule has 0 saturated carbocycles. The second-order valence-corrected chi connectivity index (χ2v) is 6.10. The Morgan fingerprint density at radius 1 is 1.27 bits per heavy atom. The Hall–Kier alpha value is -3.14. The van der Waals surface area contributed by atoms with Gasteiger partial charge in [0.2, 0.25) is 5.16 Å². The summed E-state index contributed by atoms with van der Waals surface area (Å²) in [4.78, 5) is 10.5. The number of aromatic nitrogens is 3. The molecule has 0 saturated heterocycles. The lowest BCUT2D eigenvalue weighted by Crippen LogP contribution is -2.12. The van der Waals surface area contributed by atoms with Crippen molar-refractivity contribution in [1.82, 2.24) is 14.9 Å². The Morgan fingerprint density at radius 3 is 2.77 bits per heavy atom. The topological polar surface area (TPSA) is 109 Å². The largest absolute Gasteiger partial charge is 0.496 e. The van der Waals surface area contributed by atoms with Gasteiger partial charge in [-0.3, -0.25) is 10.1 Å². The third-order valence-electron chi connectivity index (χ3n) is 3.65. The second kappa shape index (κ2) is 7.40. The van der Waals surface area contributed by atoms with Gasteiger partial charge >= 0.3 is 0 Å². The molecular weight excluding hydrogens is 361 g/mol. The van der Waals surface area contributed by atoms with Gasteiger partial charge in [-0.15, -0.1) is 10.2 Å². The molecule has 10 heteroatoms. The molecule has 0 radical (unpaired) electrons. The van der Waals surface area contributed by atoms with Crippen molar-refractivity contribution in [3.8, 4) is 17.1 Å². The lowest BCUT2D eigenvalue weighted by atomic mass is 10.2. The number of nitro groups is 1. The van der Waals surface area contributed by atoms with Gasteiger partial charge in [-0.25, -0.2) is 9.07 Å². The highest BCUT2D eigenvalue weighted by atomic mass is 32.2. The number of methoxy groups -OCH3 is 1. The van der Waals surface area contributed by atoms with E-state index in [9.17, 15) is 14.5 Å². The SMILES string of the molecule is COc1ccccc1-c1nnc(SCc2c(F)cccc2[N+](=O)[O-])n1N. The number of nitro benzene ring substituents is 1. The van der Waals surface area contributed by atoms with Crippen molar-refractivity contribution in [2.45, 2.75) is 10.9 Å². The predicted molar refractivity (Wildman–Crippen MR) is 94.8 cm³/mol. The fourth-order valence-electron chi connectivity index (χ4n) is 2.39. The van der Waals surface area contributed by atoms with E-state index in [1.807, 2.05) is 12.1 Å². The fraction of sp³-hybridized carbons (Fsp3) is 0.125. The molecule has 0 aliphatic rings. The van der Waals surface area contributed by atoms with Crippen LogP contribution in [0.15, 0.2) is 47.6 Å². The van der Waals surface area contributed by atoms with Gasteiger partial charge in [0.25, 0.3) is 5.69 Å². The van der Waals surface area contributed by atoms with E-state index in [4.69, 9.17) is 10.6 Å². The number of hydrogen-bond acceptors (Lipinski definition) is 7. The van der Waals surface area contributed by atoms with Crippen LogP contribution in [0.4, 0.5) is 10.1 Å². The number of ether oxygens (including phenoxy) is 1. The van der Waals surface area contributed by atoms with Gasteiger partial charge in [0, 0.05) is 11.8 Å². The van der Waals surface area contributed by atoms with Gasteiger partial charge in [0.05, 0.1) is 23.2 Å². The number of rotatable bonds is 6. The first-order chi connectivity index (χ1) is 12.5. The molecule has 0 aliphatic carbocycles. The quantitative estimate of drug-likeness (QED) is 0.305. The molecule has 2 N–H and O–H groups in total. The summed E-state index contributed by atoms with van der Waals surface area (Å²) in [5.41, 5.74) is 0.337. The molecule has 0 unspecified atom stereocenters. The van der Waals surface area contributed by atoms with Crippen LogP contribution in [0.2, 0.25) is 0 Å². The van der Waals surface area contributed by atoms with E-state index in [-0.39, 0.29) is 17.0 Å². The zero-order chi connectivity index (χ0) is 18.7. The van der Waals surface area contributed by atoms with Crippen molar-refractivity contribution < 1.29 is 14.1 Å². The zero-order valence-electron chi connectivity index (χ0n) is 13.6. The molecule has 26 heavy (non-hydrogen) atoms. The second-order valence-electron chi connectivity index (χ2n) is 5.16. The van der Waals surface area contributed by atoms with E-state index >= 15 is 0 Å². The molecule has 3 rings (SSSR count). The summed E-state index contributed by atoms with van der Waals surface area (Å²) in [6.07, 6.45) is 0. The summed E-state index contributed by atoms with van der Waals surface area (Å²) >= 11 is 1.05. The third-order valence-corrected chi connectivity index (χ3v) is 4.62. The normalized spacial score (nSPS) is 10.7. The molecule has 0 aliphatic heterocycles. The Balaban J connectivity index is 1.88. The van der Waals surface area contributed by atoms with E-state index in [0.29, 0.717) is 22.3 Å². The van der Waals surface area contributed by atoms with Gasteiger partial charge < -0.3 is 10.6 Å². The first kappa shape index (κ1) is 17.7. The molecule has 0 amide bonds. The molecule has 1 aromatic heterocycles. The smallest absolute Gasteiger partial charge is 0.276 e. The summed E-state index contributed by atoms with van der Waals surface area (Å²) in [7, 11) is 1.53. The first-order valence-corrected chi connectivity index (χ1v) is 8.40. The molecular formula is C16H14FN5O3S. The molecule has 134 valence electrons. The zero-order valence-corrected chi connectivity index (χ0v) is 14.4. The van der Waals surface area contributed by atoms with E-state index in [0.717, 1.165) is 11.8 Å². The number of thioether (sulfide) groups is 1. The minimum absolute atomic E-state index is 0.00968. The van der Waals surface area contributed by atoms with Crippen LogP contribution < -0.4 is 10.6 Å². The standard InChI is InChI=1S/C16H14FN5O3S/c1-25-14-8-3-2-5-10(14)15-19-20-16(21(15)18)26-9-11-12(17)6-4-7-13(11)22(23)24/h2-8H,9,18H2,1H3. The Bertz CT molecular complexity index is 963. The number of nitrogen functional groups attached to an aromatic ring is 1. The molecule has 3 aromatic rings. The highest BCUT2D eigenvalue weighted by Crippen LogP contribution is 2.32. The van der Waals surface area contributed by atoms with Crippen molar-refractivity contribution in [2.24, 2.45) is 0 Å². The van der Waals surface area contributed by atoms with Crippen LogP contribution in [0.25, 0.3) is 11.4 Å². The van der Waals surface area contributed by atoms with Gasteiger partial charge in [-0.2, -0.15) is 0 Å². The van der Waals surface area contributed by atoms with Crippen LogP contribution in [0.3, 0.4) is 0 Å². The number of nitrogens with zero attached hydrogens (tertiary/aromatic N) is 4. The molecule has 8 nitrogen and oxygen atoms in total. The molecule has 1 heterocycles. The number of para-hydroxylation sites is 1. The maximum absolute atomic E-state index is 14.0. The lowest BCUT2D eigenvalue weighted by Gasteiger charge is -2.08. The van der Waals surface area contributed by atoms with Crippen molar-refractivity contribution >= 4 is 17.4 Å². The maximum Gasteiger partial charge on any atom is 0.276 e. The van der Waals surface area contributed by atoms with Crippen molar-refractivity contribution in [1.29, 1.82) is 0 Å². The predicted octanol–water partition coefficient (Wildman–Crippen LogP) is 3.01. The Morgan fingerprint density at radius 2 is 2.04 bits per heavy atom. The molecule has 0 fully saturated rings. The summed E-state index contributed by atoms with van der Waals surface area (Å²) in [5, 5.41) is 19.4. The Labute approximate surface area is 151 Å². The van der Waals surface area contributed by atoms with Crippen LogP contribution in [0.1, 0.15) is 5.56 Å². The number of hydrogen-bond donors (Lipinski definition) is 1.